The van der Waals surface area contributed by atoms with Gasteiger partial charge in [0.2, 0.25) is 10.0 Å². The van der Waals surface area contributed by atoms with Gasteiger partial charge in [-0.2, -0.15) is 4.31 Å². The SMILES string of the molecule is O=S(=O)(c1cccc2ccccc12)N1C[C@H]2C[C@H](O)[C@H]2C1. The van der Waals surface area contributed by atoms with Gasteiger partial charge >= 0.3 is 0 Å². The maximum Gasteiger partial charge on any atom is 0.243 e. The third-order valence-corrected chi connectivity index (χ3v) is 6.75. The van der Waals surface area contributed by atoms with Gasteiger partial charge in [0.05, 0.1) is 11.0 Å². The molecule has 0 spiro atoms. The minimum Gasteiger partial charge on any atom is -0.393 e. The van der Waals surface area contributed by atoms with Crippen molar-refractivity contribution in [2.24, 2.45) is 11.8 Å². The third kappa shape index (κ3) is 1.92. The van der Waals surface area contributed by atoms with Crippen LogP contribution in [0.25, 0.3) is 10.8 Å². The number of sulfonamides is 1. The Hall–Kier alpha value is -1.43. The average molecular weight is 303 g/mol. The van der Waals surface area contributed by atoms with Crippen LogP contribution in [-0.4, -0.2) is 37.0 Å². The number of nitrogens with zero attached hydrogens (tertiary/aromatic N) is 1. The highest BCUT2D eigenvalue weighted by molar-refractivity contribution is 7.89. The molecule has 1 saturated carbocycles. The molecule has 1 N–H and O–H groups in total. The summed E-state index contributed by atoms with van der Waals surface area (Å²) in [4.78, 5) is 0.372. The second-order valence-corrected chi connectivity index (χ2v) is 7.93. The summed E-state index contributed by atoms with van der Waals surface area (Å²) >= 11 is 0. The molecule has 0 unspecified atom stereocenters. The van der Waals surface area contributed by atoms with Crippen LogP contribution in [0.5, 0.6) is 0 Å². The molecule has 1 heterocycles. The van der Waals surface area contributed by atoms with E-state index in [0.29, 0.717) is 23.9 Å². The molecule has 0 amide bonds. The standard InChI is InChI=1S/C16H17NO3S/c18-15-8-12-9-17(10-14(12)15)21(19,20)16-7-3-5-11-4-1-2-6-13(11)16/h1-7,12,14-15,18H,8-10H2/t12-,14+,15+/m1/s1. The minimum atomic E-state index is -3.49. The number of rotatable bonds is 2. The second kappa shape index (κ2) is 4.53. The first-order valence-electron chi connectivity index (χ1n) is 7.23. The predicted molar refractivity (Wildman–Crippen MR) is 80.3 cm³/mol. The first-order valence-corrected chi connectivity index (χ1v) is 8.67. The molecule has 4 nitrogen and oxygen atoms in total. The summed E-state index contributed by atoms with van der Waals surface area (Å²) in [5.74, 6) is 0.444. The second-order valence-electron chi connectivity index (χ2n) is 6.03. The topological polar surface area (TPSA) is 57.6 Å². The highest BCUT2D eigenvalue weighted by Crippen LogP contribution is 2.43. The Kier molecular flexibility index (Phi) is 2.86. The summed E-state index contributed by atoms with van der Waals surface area (Å²) in [6.45, 7) is 0.977. The lowest BCUT2D eigenvalue weighted by Gasteiger charge is -2.34. The number of fused-ring (bicyclic) bond motifs is 2. The lowest BCUT2D eigenvalue weighted by molar-refractivity contribution is -0.00416. The van der Waals surface area contributed by atoms with Crippen molar-refractivity contribution in [3.05, 3.63) is 42.5 Å². The van der Waals surface area contributed by atoms with Crippen LogP contribution in [0.4, 0.5) is 0 Å². The lowest BCUT2D eigenvalue weighted by Crippen LogP contribution is -2.39. The summed E-state index contributed by atoms with van der Waals surface area (Å²) < 4.78 is 27.4. The molecule has 2 aromatic rings. The molecular weight excluding hydrogens is 286 g/mol. The van der Waals surface area contributed by atoms with Crippen molar-refractivity contribution in [2.75, 3.05) is 13.1 Å². The van der Waals surface area contributed by atoms with Crippen molar-refractivity contribution < 1.29 is 13.5 Å². The molecule has 4 rings (SSSR count). The van der Waals surface area contributed by atoms with Crippen molar-refractivity contribution in [3.8, 4) is 0 Å². The molecule has 1 saturated heterocycles. The summed E-state index contributed by atoms with van der Waals surface area (Å²) in [6.07, 6.45) is 0.398. The van der Waals surface area contributed by atoms with Gasteiger partial charge in [-0.1, -0.05) is 36.4 Å². The zero-order chi connectivity index (χ0) is 14.6. The highest BCUT2D eigenvalue weighted by Gasteiger charge is 2.49. The quantitative estimate of drug-likeness (QED) is 0.921. The van der Waals surface area contributed by atoms with E-state index in [2.05, 4.69) is 0 Å². The van der Waals surface area contributed by atoms with E-state index < -0.39 is 10.0 Å². The van der Waals surface area contributed by atoms with Crippen LogP contribution in [0.1, 0.15) is 6.42 Å². The Morgan fingerprint density at radius 2 is 1.81 bits per heavy atom. The molecule has 21 heavy (non-hydrogen) atoms. The van der Waals surface area contributed by atoms with E-state index in [4.69, 9.17) is 0 Å². The van der Waals surface area contributed by atoms with Gasteiger partial charge in [0.1, 0.15) is 0 Å². The predicted octanol–water partition coefficient (Wildman–Crippen LogP) is 1.84. The zero-order valence-corrected chi connectivity index (χ0v) is 12.3. The van der Waals surface area contributed by atoms with E-state index in [1.54, 1.807) is 16.4 Å². The van der Waals surface area contributed by atoms with Gasteiger partial charge in [-0.25, -0.2) is 8.42 Å². The molecule has 0 bridgehead atoms. The van der Waals surface area contributed by atoms with Crippen molar-refractivity contribution in [2.45, 2.75) is 17.4 Å². The van der Waals surface area contributed by atoms with Gasteiger partial charge in [0.25, 0.3) is 0 Å². The largest absolute Gasteiger partial charge is 0.393 e. The summed E-state index contributed by atoms with van der Waals surface area (Å²) in [5, 5.41) is 11.4. The minimum absolute atomic E-state index is 0.120. The molecule has 3 atom stereocenters. The number of hydrogen-bond donors (Lipinski definition) is 1. The van der Waals surface area contributed by atoms with Crippen molar-refractivity contribution >= 4 is 20.8 Å². The monoisotopic (exact) mass is 303 g/mol. The molecule has 2 aliphatic rings. The van der Waals surface area contributed by atoms with Gasteiger partial charge in [0.15, 0.2) is 0 Å². The number of hydrogen-bond acceptors (Lipinski definition) is 3. The van der Waals surface area contributed by atoms with Gasteiger partial charge in [-0.3, -0.25) is 0 Å². The molecule has 110 valence electrons. The zero-order valence-electron chi connectivity index (χ0n) is 11.5. The van der Waals surface area contributed by atoms with Crippen LogP contribution in [0.2, 0.25) is 0 Å². The van der Waals surface area contributed by atoms with Crippen molar-refractivity contribution in [3.63, 3.8) is 0 Å². The van der Waals surface area contributed by atoms with Gasteiger partial charge in [-0.15, -0.1) is 0 Å². The van der Waals surface area contributed by atoms with Crippen LogP contribution < -0.4 is 0 Å². The van der Waals surface area contributed by atoms with Crippen LogP contribution in [-0.2, 0) is 10.0 Å². The van der Waals surface area contributed by atoms with E-state index in [1.165, 1.54) is 0 Å². The number of aliphatic hydroxyl groups excluding tert-OH is 1. The molecule has 1 aliphatic carbocycles. The van der Waals surface area contributed by atoms with Crippen LogP contribution in [0.3, 0.4) is 0 Å². The first-order chi connectivity index (χ1) is 10.1. The highest BCUT2D eigenvalue weighted by atomic mass is 32.2. The fraction of sp³-hybridized carbons (Fsp3) is 0.375. The molecule has 2 aromatic carbocycles. The Bertz CT molecular complexity index is 797. The van der Waals surface area contributed by atoms with E-state index in [-0.39, 0.29) is 12.0 Å². The molecule has 0 aromatic heterocycles. The van der Waals surface area contributed by atoms with Gasteiger partial charge in [0, 0.05) is 24.4 Å². The van der Waals surface area contributed by atoms with Crippen LogP contribution in [0, 0.1) is 11.8 Å². The smallest absolute Gasteiger partial charge is 0.243 e. The third-order valence-electron chi connectivity index (χ3n) is 4.86. The number of aliphatic hydroxyl groups is 1. The summed E-state index contributed by atoms with van der Waals surface area (Å²) in [7, 11) is -3.49. The van der Waals surface area contributed by atoms with Crippen LogP contribution >= 0.6 is 0 Å². The van der Waals surface area contributed by atoms with E-state index in [9.17, 15) is 13.5 Å². The molecule has 0 radical (unpaired) electrons. The average Bonchev–Trinajstić information content (AvgIpc) is 2.84. The Morgan fingerprint density at radius 1 is 1.05 bits per heavy atom. The maximum absolute atomic E-state index is 12.9. The van der Waals surface area contributed by atoms with E-state index in [1.807, 2.05) is 30.3 Å². The molecular formula is C16H17NO3S. The van der Waals surface area contributed by atoms with Crippen molar-refractivity contribution in [1.82, 2.24) is 4.31 Å². The van der Waals surface area contributed by atoms with Crippen LogP contribution in [0.15, 0.2) is 47.4 Å². The normalized spacial score (nSPS) is 29.3. The number of benzene rings is 2. The Labute approximate surface area is 124 Å². The Balaban J connectivity index is 1.77. The lowest BCUT2D eigenvalue weighted by atomic mass is 9.74. The van der Waals surface area contributed by atoms with Crippen molar-refractivity contribution in [1.29, 1.82) is 0 Å². The summed E-state index contributed by atoms with van der Waals surface area (Å²) in [5.41, 5.74) is 0. The van der Waals surface area contributed by atoms with Gasteiger partial charge in [-0.05, 0) is 23.8 Å². The molecule has 5 heteroatoms. The van der Waals surface area contributed by atoms with E-state index in [0.717, 1.165) is 17.2 Å². The fourth-order valence-corrected chi connectivity index (χ4v) is 5.33. The first kappa shape index (κ1) is 13.2. The Morgan fingerprint density at radius 3 is 2.57 bits per heavy atom. The van der Waals surface area contributed by atoms with Gasteiger partial charge < -0.3 is 5.11 Å². The fourth-order valence-electron chi connectivity index (χ4n) is 3.59. The van der Waals surface area contributed by atoms with E-state index >= 15 is 0 Å². The molecule has 1 aliphatic heterocycles. The molecule has 2 fully saturated rings. The summed E-state index contributed by atoms with van der Waals surface area (Å²) in [6, 6.07) is 12.9. The maximum atomic E-state index is 12.9.